The fourth-order valence-electron chi connectivity index (χ4n) is 4.20. The van der Waals surface area contributed by atoms with Gasteiger partial charge in [0.1, 0.15) is 0 Å². The van der Waals surface area contributed by atoms with E-state index in [1.165, 1.54) is 11.3 Å². The number of amides is 2. The summed E-state index contributed by atoms with van der Waals surface area (Å²) in [7, 11) is 0. The maximum atomic E-state index is 12.3. The molecule has 0 saturated carbocycles. The minimum Gasteiger partial charge on any atom is -0.369 e. The molecule has 2 amide bonds. The zero-order chi connectivity index (χ0) is 24.6. The molecule has 1 aliphatic heterocycles. The lowest BCUT2D eigenvalue weighted by Gasteiger charge is -2.36. The highest BCUT2D eigenvalue weighted by atomic mass is 16.5. The molecule has 2 heterocycles. The molecule has 35 heavy (non-hydrogen) atoms. The molecule has 1 aliphatic rings. The Hall–Kier alpha value is -3.65. The summed E-state index contributed by atoms with van der Waals surface area (Å²) in [6, 6.07) is 19.6. The van der Waals surface area contributed by atoms with Crippen molar-refractivity contribution >= 4 is 17.5 Å². The zero-order valence-electron chi connectivity index (χ0n) is 20.4. The molecule has 8 heteroatoms. The number of rotatable bonds is 9. The Labute approximate surface area is 206 Å². The molecule has 2 aromatic carbocycles. The molecule has 0 radical (unpaired) electrons. The number of aryl methyl sites for hydroxylation is 1. The van der Waals surface area contributed by atoms with E-state index >= 15 is 0 Å². The molecule has 1 aromatic heterocycles. The fourth-order valence-corrected chi connectivity index (χ4v) is 4.20. The van der Waals surface area contributed by atoms with Crippen molar-refractivity contribution in [2.75, 3.05) is 44.2 Å². The molecule has 1 unspecified atom stereocenters. The van der Waals surface area contributed by atoms with Crippen LogP contribution in [0.2, 0.25) is 0 Å². The summed E-state index contributed by atoms with van der Waals surface area (Å²) in [4.78, 5) is 29.5. The van der Waals surface area contributed by atoms with Gasteiger partial charge in [-0.3, -0.25) is 14.5 Å². The summed E-state index contributed by atoms with van der Waals surface area (Å²) in [5.74, 6) is -0.152. The largest absolute Gasteiger partial charge is 0.369 e. The van der Waals surface area contributed by atoms with E-state index < -0.39 is 5.91 Å². The zero-order valence-corrected chi connectivity index (χ0v) is 20.4. The predicted octanol–water partition coefficient (Wildman–Crippen LogP) is 3.10. The third kappa shape index (κ3) is 6.93. The van der Waals surface area contributed by atoms with E-state index in [0.29, 0.717) is 5.76 Å². The topological polar surface area (TPSA) is 90.7 Å². The Morgan fingerprint density at radius 1 is 1.03 bits per heavy atom. The van der Waals surface area contributed by atoms with Gasteiger partial charge in [-0.25, -0.2) is 0 Å². The minimum atomic E-state index is -0.440. The monoisotopic (exact) mass is 475 g/mol. The van der Waals surface area contributed by atoms with E-state index in [-0.39, 0.29) is 24.2 Å². The summed E-state index contributed by atoms with van der Waals surface area (Å²) < 4.78 is 5.25. The van der Waals surface area contributed by atoms with Crippen molar-refractivity contribution in [1.82, 2.24) is 20.7 Å². The van der Waals surface area contributed by atoms with Gasteiger partial charge in [-0.05, 0) is 38.0 Å². The van der Waals surface area contributed by atoms with Crippen LogP contribution in [0.15, 0.2) is 65.2 Å². The number of carbonyl (C=O) groups excluding carboxylic acids is 2. The smallest absolute Gasteiger partial charge is 0.273 e. The van der Waals surface area contributed by atoms with E-state index in [1.54, 1.807) is 6.07 Å². The molecule has 3 aromatic rings. The summed E-state index contributed by atoms with van der Waals surface area (Å²) in [5, 5.41) is 9.39. The second kappa shape index (κ2) is 11.7. The number of carbonyl (C=O) groups is 2. The van der Waals surface area contributed by atoms with Crippen molar-refractivity contribution in [3.8, 4) is 11.3 Å². The highest BCUT2D eigenvalue weighted by Crippen LogP contribution is 2.20. The van der Waals surface area contributed by atoms with Gasteiger partial charge in [0.25, 0.3) is 5.91 Å². The van der Waals surface area contributed by atoms with Crippen molar-refractivity contribution < 1.29 is 14.1 Å². The van der Waals surface area contributed by atoms with E-state index in [2.05, 4.69) is 56.8 Å². The lowest BCUT2D eigenvalue weighted by atomic mass is 10.1. The van der Waals surface area contributed by atoms with Gasteiger partial charge in [0.2, 0.25) is 5.91 Å². The van der Waals surface area contributed by atoms with Crippen LogP contribution in [-0.2, 0) is 4.79 Å². The molecule has 8 nitrogen and oxygen atoms in total. The molecule has 1 atom stereocenters. The van der Waals surface area contributed by atoms with Crippen LogP contribution in [0.5, 0.6) is 0 Å². The van der Waals surface area contributed by atoms with E-state index in [4.69, 9.17) is 4.52 Å². The molecule has 0 aliphatic carbocycles. The van der Waals surface area contributed by atoms with E-state index in [9.17, 15) is 9.59 Å². The van der Waals surface area contributed by atoms with Crippen LogP contribution >= 0.6 is 0 Å². The number of hydrogen-bond acceptors (Lipinski definition) is 6. The first-order valence-electron chi connectivity index (χ1n) is 12.1. The average molecular weight is 476 g/mol. The molecule has 4 rings (SSSR count). The number of nitrogens with zero attached hydrogens (tertiary/aromatic N) is 3. The van der Waals surface area contributed by atoms with Crippen LogP contribution < -0.4 is 15.5 Å². The molecule has 1 saturated heterocycles. The molecule has 184 valence electrons. The van der Waals surface area contributed by atoms with Crippen molar-refractivity contribution in [1.29, 1.82) is 0 Å². The Balaban J connectivity index is 1.14. The molecule has 2 N–H and O–H groups in total. The second-order valence-corrected chi connectivity index (χ2v) is 9.05. The lowest BCUT2D eigenvalue weighted by Crippen LogP contribution is -2.48. The summed E-state index contributed by atoms with van der Waals surface area (Å²) >= 11 is 0. The maximum absolute atomic E-state index is 12.3. The Bertz CT molecular complexity index is 1120. The Morgan fingerprint density at radius 2 is 1.80 bits per heavy atom. The number of anilines is 1. The van der Waals surface area contributed by atoms with Gasteiger partial charge in [0.05, 0.1) is 6.54 Å². The average Bonchev–Trinajstić information content (AvgIpc) is 3.37. The summed E-state index contributed by atoms with van der Waals surface area (Å²) in [6.07, 6.45) is 0.855. The Kier molecular flexibility index (Phi) is 8.15. The van der Waals surface area contributed by atoms with Crippen molar-refractivity contribution in [2.24, 2.45) is 0 Å². The molecule has 0 bridgehead atoms. The molecule has 1 fully saturated rings. The molecular formula is C27H33N5O3. The van der Waals surface area contributed by atoms with E-state index in [1.807, 2.05) is 37.3 Å². The third-order valence-corrected chi connectivity index (χ3v) is 6.24. The highest BCUT2D eigenvalue weighted by Gasteiger charge is 2.19. The summed E-state index contributed by atoms with van der Waals surface area (Å²) in [5.41, 5.74) is 3.55. The van der Waals surface area contributed by atoms with Crippen LogP contribution in [0.25, 0.3) is 11.3 Å². The van der Waals surface area contributed by atoms with Crippen LogP contribution in [0, 0.1) is 6.92 Å². The van der Waals surface area contributed by atoms with Crippen LogP contribution in [0.4, 0.5) is 5.69 Å². The first kappa shape index (κ1) is 24.5. The number of piperazine rings is 1. The number of aromatic nitrogens is 1. The quantitative estimate of drug-likeness (QED) is 0.494. The van der Waals surface area contributed by atoms with Crippen molar-refractivity contribution in [3.05, 3.63) is 71.9 Å². The number of benzene rings is 2. The predicted molar refractivity (Wildman–Crippen MR) is 136 cm³/mol. The van der Waals surface area contributed by atoms with Crippen LogP contribution in [0.1, 0.15) is 29.4 Å². The van der Waals surface area contributed by atoms with Gasteiger partial charge in [-0.15, -0.1) is 0 Å². The van der Waals surface area contributed by atoms with Gasteiger partial charge >= 0.3 is 0 Å². The van der Waals surface area contributed by atoms with Gasteiger partial charge < -0.3 is 20.1 Å². The maximum Gasteiger partial charge on any atom is 0.273 e. The summed E-state index contributed by atoms with van der Waals surface area (Å²) in [6.45, 7) is 8.96. The van der Waals surface area contributed by atoms with Crippen molar-refractivity contribution in [3.63, 3.8) is 0 Å². The normalized spacial score (nSPS) is 15.0. The van der Waals surface area contributed by atoms with Gasteiger partial charge in [0, 0.05) is 56.1 Å². The van der Waals surface area contributed by atoms with Crippen LogP contribution in [0.3, 0.4) is 0 Å². The highest BCUT2D eigenvalue weighted by molar-refractivity contribution is 5.95. The van der Waals surface area contributed by atoms with E-state index in [0.717, 1.165) is 44.7 Å². The standard InChI is InChI=1S/C27H33N5O3/c1-20-7-6-10-23(17-20)32-15-13-31(14-16-32)12-11-21(2)29-26(33)19-28-27(34)24-18-25(35-30-24)22-8-4-3-5-9-22/h3-10,17-18,21H,11-16,19H2,1-2H3,(H,28,34)(H,29,33). The van der Waals surface area contributed by atoms with Gasteiger partial charge in [0.15, 0.2) is 11.5 Å². The number of nitrogens with one attached hydrogen (secondary N) is 2. The fraction of sp³-hybridized carbons (Fsp3) is 0.370. The first-order valence-corrected chi connectivity index (χ1v) is 12.1. The van der Waals surface area contributed by atoms with Gasteiger partial charge in [-0.1, -0.05) is 47.6 Å². The minimum absolute atomic E-state index is 0.0194. The van der Waals surface area contributed by atoms with Crippen molar-refractivity contribution in [2.45, 2.75) is 26.3 Å². The number of hydrogen-bond donors (Lipinski definition) is 2. The SMILES string of the molecule is Cc1cccc(N2CCN(CCC(C)NC(=O)CNC(=O)c3cc(-c4ccccc4)on3)CC2)c1. The van der Waals surface area contributed by atoms with Crippen LogP contribution in [-0.4, -0.2) is 67.2 Å². The molecule has 0 spiro atoms. The third-order valence-electron chi connectivity index (χ3n) is 6.24. The first-order chi connectivity index (χ1) is 17.0. The second-order valence-electron chi connectivity index (χ2n) is 9.05. The lowest BCUT2D eigenvalue weighted by molar-refractivity contribution is -0.120. The van der Waals surface area contributed by atoms with Gasteiger partial charge in [-0.2, -0.15) is 0 Å². The Morgan fingerprint density at radius 3 is 2.54 bits per heavy atom. The molecular weight excluding hydrogens is 442 g/mol.